The molecule has 126 valence electrons. The van der Waals surface area contributed by atoms with Crippen LogP contribution in [0, 0.1) is 17.3 Å². The van der Waals surface area contributed by atoms with Gasteiger partial charge in [-0.1, -0.05) is 13.0 Å². The topological polar surface area (TPSA) is 49.7 Å². The summed E-state index contributed by atoms with van der Waals surface area (Å²) < 4.78 is 5.48. The summed E-state index contributed by atoms with van der Waals surface area (Å²) in [5.74, 6) is 2.58. The third-order valence-electron chi connectivity index (χ3n) is 7.22. The minimum absolute atomic E-state index is 0.104. The maximum Gasteiger partial charge on any atom is 0.115 e. The van der Waals surface area contributed by atoms with Gasteiger partial charge in [0.15, 0.2) is 0 Å². The third kappa shape index (κ3) is 2.24. The fourth-order valence-electron chi connectivity index (χ4n) is 6.04. The number of fused-ring (bicyclic) bond motifs is 5. The van der Waals surface area contributed by atoms with E-state index in [0.29, 0.717) is 36.0 Å². The van der Waals surface area contributed by atoms with Crippen LogP contribution < -0.4 is 0 Å². The number of phenolic OH excluding ortho intramolecular Hbond substituents is 1. The first-order chi connectivity index (χ1) is 11.0. The summed E-state index contributed by atoms with van der Waals surface area (Å²) in [6.07, 6.45) is 5.40. The van der Waals surface area contributed by atoms with Crippen LogP contribution in [0.3, 0.4) is 0 Å². The molecule has 1 aromatic rings. The molecule has 1 aromatic carbocycles. The highest BCUT2D eigenvalue weighted by atomic mass is 16.5. The molecular formula is C20H28O3. The highest BCUT2D eigenvalue weighted by Gasteiger charge is 2.55. The number of rotatable bonds is 2. The van der Waals surface area contributed by atoms with Crippen molar-refractivity contribution in [2.24, 2.45) is 17.3 Å². The molecule has 2 fully saturated rings. The summed E-state index contributed by atoms with van der Waals surface area (Å²) >= 11 is 0. The molecule has 3 aliphatic rings. The summed E-state index contributed by atoms with van der Waals surface area (Å²) in [6.45, 7) is 3.02. The fourth-order valence-corrected chi connectivity index (χ4v) is 6.04. The van der Waals surface area contributed by atoms with E-state index in [2.05, 4.69) is 13.0 Å². The van der Waals surface area contributed by atoms with Gasteiger partial charge >= 0.3 is 0 Å². The highest BCUT2D eigenvalue weighted by Crippen LogP contribution is 2.62. The van der Waals surface area contributed by atoms with Crippen molar-refractivity contribution in [3.63, 3.8) is 0 Å². The number of ether oxygens (including phenoxy) is 1. The molecule has 4 rings (SSSR count). The molecule has 0 amide bonds. The molecule has 23 heavy (non-hydrogen) atoms. The second-order valence-corrected chi connectivity index (χ2v) is 8.22. The SMILES string of the molecule is COCC1C[C@@H]2[C@H](CC[C@]3(C)[C@H](O)CC[C@@H]23)c2ccc(O)cc21. The molecule has 6 atom stereocenters. The first kappa shape index (κ1) is 15.5. The number of aromatic hydroxyl groups is 1. The Morgan fingerprint density at radius 3 is 2.83 bits per heavy atom. The van der Waals surface area contributed by atoms with Crippen LogP contribution in [-0.2, 0) is 4.74 Å². The van der Waals surface area contributed by atoms with E-state index in [4.69, 9.17) is 4.74 Å². The van der Waals surface area contributed by atoms with Crippen molar-refractivity contribution in [2.45, 2.75) is 57.0 Å². The first-order valence-electron chi connectivity index (χ1n) is 9.04. The third-order valence-corrected chi connectivity index (χ3v) is 7.22. The molecule has 0 bridgehead atoms. The molecule has 0 radical (unpaired) electrons. The molecule has 0 saturated heterocycles. The summed E-state index contributed by atoms with van der Waals surface area (Å²) in [4.78, 5) is 0. The van der Waals surface area contributed by atoms with E-state index in [1.165, 1.54) is 11.1 Å². The smallest absolute Gasteiger partial charge is 0.115 e. The van der Waals surface area contributed by atoms with Gasteiger partial charge < -0.3 is 14.9 Å². The highest BCUT2D eigenvalue weighted by molar-refractivity contribution is 5.42. The Morgan fingerprint density at radius 1 is 1.22 bits per heavy atom. The molecule has 0 spiro atoms. The van der Waals surface area contributed by atoms with Gasteiger partial charge in [-0.15, -0.1) is 0 Å². The van der Waals surface area contributed by atoms with Gasteiger partial charge in [0, 0.05) is 13.0 Å². The lowest BCUT2D eigenvalue weighted by Gasteiger charge is -2.51. The van der Waals surface area contributed by atoms with Crippen LogP contribution >= 0.6 is 0 Å². The van der Waals surface area contributed by atoms with E-state index in [1.807, 2.05) is 12.1 Å². The minimum Gasteiger partial charge on any atom is -0.508 e. The lowest BCUT2D eigenvalue weighted by molar-refractivity contribution is -0.0273. The summed E-state index contributed by atoms with van der Waals surface area (Å²) in [6, 6.07) is 5.92. The molecule has 3 nitrogen and oxygen atoms in total. The Labute approximate surface area is 138 Å². The number of hydrogen-bond donors (Lipinski definition) is 2. The Hall–Kier alpha value is -1.06. The molecule has 2 N–H and O–H groups in total. The van der Waals surface area contributed by atoms with Crippen LogP contribution in [0.1, 0.15) is 62.0 Å². The molecule has 1 unspecified atom stereocenters. The number of benzene rings is 1. The predicted molar refractivity (Wildman–Crippen MR) is 89.6 cm³/mol. The standard InChI is InChI=1S/C20H28O3/c1-20-8-7-15-14-4-3-13(21)10-16(14)12(11-23-2)9-17(15)18(20)5-6-19(20)22/h3-4,10,12,15,17-19,21-22H,5-9,11H2,1-2H3/t12?,15-,17-,18+,19-,20+/m1/s1. The van der Waals surface area contributed by atoms with E-state index in [-0.39, 0.29) is 11.5 Å². The van der Waals surface area contributed by atoms with Crippen molar-refractivity contribution in [2.75, 3.05) is 13.7 Å². The van der Waals surface area contributed by atoms with Gasteiger partial charge in [0.25, 0.3) is 0 Å². The maximum atomic E-state index is 10.5. The molecule has 3 heteroatoms. The summed E-state index contributed by atoms with van der Waals surface area (Å²) in [7, 11) is 1.76. The van der Waals surface area contributed by atoms with Gasteiger partial charge in [-0.2, -0.15) is 0 Å². The van der Waals surface area contributed by atoms with E-state index >= 15 is 0 Å². The van der Waals surface area contributed by atoms with Crippen molar-refractivity contribution < 1.29 is 14.9 Å². The lowest BCUT2D eigenvalue weighted by atomic mass is 9.54. The molecule has 0 aliphatic heterocycles. The van der Waals surface area contributed by atoms with Crippen molar-refractivity contribution in [3.05, 3.63) is 29.3 Å². The van der Waals surface area contributed by atoms with Crippen molar-refractivity contribution >= 4 is 0 Å². The molecule has 2 saturated carbocycles. The number of phenols is 1. The number of methoxy groups -OCH3 is 1. The van der Waals surface area contributed by atoms with E-state index in [0.717, 1.165) is 32.1 Å². The lowest BCUT2D eigenvalue weighted by Crippen LogP contribution is -2.44. The van der Waals surface area contributed by atoms with Gasteiger partial charge in [-0.05, 0) is 78.5 Å². The Morgan fingerprint density at radius 2 is 2.04 bits per heavy atom. The van der Waals surface area contributed by atoms with Gasteiger partial charge in [0.1, 0.15) is 5.75 Å². The minimum atomic E-state index is -0.129. The molecular weight excluding hydrogens is 288 g/mol. The maximum absolute atomic E-state index is 10.5. The van der Waals surface area contributed by atoms with Crippen molar-refractivity contribution in [3.8, 4) is 5.75 Å². The Kier molecular flexibility index (Phi) is 3.69. The van der Waals surface area contributed by atoms with Gasteiger partial charge in [0.2, 0.25) is 0 Å². The zero-order valence-electron chi connectivity index (χ0n) is 14.2. The largest absolute Gasteiger partial charge is 0.508 e. The predicted octanol–water partition coefficient (Wildman–Crippen LogP) is 3.80. The second kappa shape index (κ2) is 5.49. The van der Waals surface area contributed by atoms with Gasteiger partial charge in [-0.25, -0.2) is 0 Å². The Balaban J connectivity index is 1.74. The van der Waals surface area contributed by atoms with E-state index in [1.54, 1.807) is 7.11 Å². The molecule has 3 aliphatic carbocycles. The monoisotopic (exact) mass is 316 g/mol. The summed E-state index contributed by atoms with van der Waals surface area (Å²) in [5, 5.41) is 20.4. The van der Waals surface area contributed by atoms with Crippen LogP contribution in [0.25, 0.3) is 0 Å². The van der Waals surface area contributed by atoms with Crippen molar-refractivity contribution in [1.82, 2.24) is 0 Å². The fraction of sp³-hybridized carbons (Fsp3) is 0.700. The second-order valence-electron chi connectivity index (χ2n) is 8.22. The zero-order valence-corrected chi connectivity index (χ0v) is 14.2. The van der Waals surface area contributed by atoms with E-state index in [9.17, 15) is 10.2 Å². The van der Waals surface area contributed by atoms with Crippen LogP contribution in [-0.4, -0.2) is 30.0 Å². The van der Waals surface area contributed by atoms with Crippen LogP contribution in [0.4, 0.5) is 0 Å². The van der Waals surface area contributed by atoms with Gasteiger partial charge in [-0.3, -0.25) is 0 Å². The van der Waals surface area contributed by atoms with E-state index < -0.39 is 0 Å². The molecule has 0 heterocycles. The first-order valence-corrected chi connectivity index (χ1v) is 9.04. The van der Waals surface area contributed by atoms with Crippen LogP contribution in [0.15, 0.2) is 18.2 Å². The Bertz CT molecular complexity index is 599. The number of aliphatic hydroxyl groups is 1. The van der Waals surface area contributed by atoms with Crippen LogP contribution in [0.5, 0.6) is 5.75 Å². The van der Waals surface area contributed by atoms with Crippen molar-refractivity contribution in [1.29, 1.82) is 0 Å². The molecule has 0 aromatic heterocycles. The quantitative estimate of drug-likeness (QED) is 0.872. The normalized spacial score (nSPS) is 42.0. The number of aliphatic hydroxyl groups excluding tert-OH is 1. The summed E-state index contributed by atoms with van der Waals surface area (Å²) in [5.41, 5.74) is 2.81. The average molecular weight is 316 g/mol. The van der Waals surface area contributed by atoms with Gasteiger partial charge in [0.05, 0.1) is 12.7 Å². The number of hydrogen-bond acceptors (Lipinski definition) is 3. The van der Waals surface area contributed by atoms with Crippen LogP contribution in [0.2, 0.25) is 0 Å². The average Bonchev–Trinajstić information content (AvgIpc) is 2.83. The zero-order chi connectivity index (χ0) is 16.2.